The third-order valence-corrected chi connectivity index (χ3v) is 7.55. The lowest BCUT2D eigenvalue weighted by atomic mass is 9.49. The van der Waals surface area contributed by atoms with Crippen molar-refractivity contribution in [3.63, 3.8) is 0 Å². The highest BCUT2D eigenvalue weighted by molar-refractivity contribution is 5.91. The zero-order valence-corrected chi connectivity index (χ0v) is 13.5. The van der Waals surface area contributed by atoms with Crippen LogP contribution in [0, 0.1) is 35.0 Å². The first-order valence-corrected chi connectivity index (χ1v) is 8.92. The number of allylic oxidation sites excluding steroid dienone is 2. The predicted molar refractivity (Wildman–Crippen MR) is 85.8 cm³/mol. The third-order valence-electron chi connectivity index (χ3n) is 7.55. The molecule has 0 aromatic rings. The van der Waals surface area contributed by atoms with Crippen molar-refractivity contribution in [2.45, 2.75) is 58.8 Å². The summed E-state index contributed by atoms with van der Waals surface area (Å²) in [5, 5.41) is 0. The molecule has 0 heterocycles. The Kier molecular flexibility index (Phi) is 3.00. The Morgan fingerprint density at radius 2 is 2.00 bits per heavy atom. The molecule has 1 nitrogen and oxygen atoms in total. The van der Waals surface area contributed by atoms with Crippen molar-refractivity contribution in [3.8, 4) is 0 Å². The fourth-order valence-electron chi connectivity index (χ4n) is 6.66. The molecule has 0 spiro atoms. The molecule has 3 fully saturated rings. The van der Waals surface area contributed by atoms with Crippen molar-refractivity contribution in [2.24, 2.45) is 35.0 Å². The van der Waals surface area contributed by atoms with Crippen molar-refractivity contribution in [1.82, 2.24) is 0 Å². The second kappa shape index (κ2) is 4.57. The molecule has 1 heteroatoms. The minimum absolute atomic E-state index is 0.377. The van der Waals surface area contributed by atoms with Crippen LogP contribution in [-0.4, -0.2) is 5.78 Å². The van der Waals surface area contributed by atoms with Crippen molar-refractivity contribution >= 4 is 5.78 Å². The normalized spacial score (nSPS) is 49.2. The number of fused-ring (bicyclic) bond motifs is 5. The summed E-state index contributed by atoms with van der Waals surface area (Å²) in [4.78, 5) is 11.7. The van der Waals surface area contributed by atoms with Gasteiger partial charge in [0.25, 0.3) is 0 Å². The molecular weight excluding hydrogens is 256 g/mol. The standard InChI is InChI=1S/C20H28O/c1-12-11-20(3)13(2)4-9-18(20)17-7-5-14-10-15(21)6-8-16(14)19(12)17/h10,12,16-19H,2,4-9,11H2,1,3H3. The molecule has 114 valence electrons. The van der Waals surface area contributed by atoms with E-state index < -0.39 is 0 Å². The maximum absolute atomic E-state index is 11.7. The van der Waals surface area contributed by atoms with Crippen LogP contribution < -0.4 is 0 Å². The second-order valence-corrected chi connectivity index (χ2v) is 8.46. The summed E-state index contributed by atoms with van der Waals surface area (Å²) in [5.74, 6) is 4.46. The van der Waals surface area contributed by atoms with E-state index in [1.165, 1.54) is 43.3 Å². The number of ketones is 1. The van der Waals surface area contributed by atoms with Crippen LogP contribution >= 0.6 is 0 Å². The maximum Gasteiger partial charge on any atom is 0.155 e. The van der Waals surface area contributed by atoms with Crippen LogP contribution in [-0.2, 0) is 4.79 Å². The molecule has 6 unspecified atom stereocenters. The van der Waals surface area contributed by atoms with Crippen LogP contribution in [0.4, 0.5) is 0 Å². The fraction of sp³-hybridized carbons (Fsp3) is 0.750. The Morgan fingerprint density at radius 1 is 1.19 bits per heavy atom. The molecule has 0 aliphatic heterocycles. The lowest BCUT2D eigenvalue weighted by Gasteiger charge is -2.55. The van der Waals surface area contributed by atoms with Crippen molar-refractivity contribution < 1.29 is 4.79 Å². The van der Waals surface area contributed by atoms with E-state index in [1.807, 2.05) is 6.08 Å². The van der Waals surface area contributed by atoms with Gasteiger partial charge in [-0.15, -0.1) is 0 Å². The smallest absolute Gasteiger partial charge is 0.155 e. The molecule has 4 aliphatic rings. The van der Waals surface area contributed by atoms with Gasteiger partial charge in [-0.3, -0.25) is 4.79 Å². The van der Waals surface area contributed by atoms with Gasteiger partial charge in [0.15, 0.2) is 5.78 Å². The molecule has 0 aromatic heterocycles. The average molecular weight is 284 g/mol. The summed E-state index contributed by atoms with van der Waals surface area (Å²) in [6.07, 6.45) is 10.4. The lowest BCUT2D eigenvalue weighted by molar-refractivity contribution is -0.116. The highest BCUT2D eigenvalue weighted by Gasteiger charge is 2.56. The maximum atomic E-state index is 11.7. The summed E-state index contributed by atoms with van der Waals surface area (Å²) >= 11 is 0. The van der Waals surface area contributed by atoms with Gasteiger partial charge in [-0.2, -0.15) is 0 Å². The van der Waals surface area contributed by atoms with Crippen LogP contribution in [0.5, 0.6) is 0 Å². The molecule has 0 amide bonds. The molecule has 0 radical (unpaired) electrons. The van der Waals surface area contributed by atoms with Gasteiger partial charge >= 0.3 is 0 Å². The second-order valence-electron chi connectivity index (χ2n) is 8.46. The summed E-state index contributed by atoms with van der Waals surface area (Å²) in [7, 11) is 0. The first kappa shape index (κ1) is 13.8. The molecule has 0 N–H and O–H groups in total. The molecule has 6 atom stereocenters. The summed E-state index contributed by atoms with van der Waals surface area (Å²) in [6.45, 7) is 9.39. The van der Waals surface area contributed by atoms with Gasteiger partial charge in [0.05, 0.1) is 0 Å². The molecule has 0 bridgehead atoms. The lowest BCUT2D eigenvalue weighted by Crippen LogP contribution is -2.48. The van der Waals surface area contributed by atoms with Crippen molar-refractivity contribution in [1.29, 1.82) is 0 Å². The summed E-state index contributed by atoms with van der Waals surface area (Å²) in [6, 6.07) is 0. The first-order chi connectivity index (χ1) is 10.0. The van der Waals surface area contributed by atoms with Gasteiger partial charge in [0, 0.05) is 6.42 Å². The van der Waals surface area contributed by atoms with E-state index in [4.69, 9.17) is 0 Å². The summed E-state index contributed by atoms with van der Waals surface area (Å²) < 4.78 is 0. The fourth-order valence-corrected chi connectivity index (χ4v) is 6.66. The largest absolute Gasteiger partial charge is 0.295 e. The van der Waals surface area contributed by atoms with Gasteiger partial charge in [0.1, 0.15) is 0 Å². The SMILES string of the molecule is C=C1CCC2C3CCC4=CC(=O)CCC4C3C(C)CC12C. The van der Waals surface area contributed by atoms with Gasteiger partial charge in [0.2, 0.25) is 0 Å². The van der Waals surface area contributed by atoms with Crippen LogP contribution in [0.1, 0.15) is 58.8 Å². The third kappa shape index (κ3) is 1.85. The number of carbonyl (C=O) groups is 1. The number of hydrogen-bond donors (Lipinski definition) is 0. The van der Waals surface area contributed by atoms with E-state index in [-0.39, 0.29) is 0 Å². The topological polar surface area (TPSA) is 17.1 Å². The summed E-state index contributed by atoms with van der Waals surface area (Å²) in [5.41, 5.74) is 3.43. The Hall–Kier alpha value is -0.850. The zero-order chi connectivity index (χ0) is 14.8. The van der Waals surface area contributed by atoms with Crippen LogP contribution in [0.15, 0.2) is 23.8 Å². The predicted octanol–water partition coefficient (Wildman–Crippen LogP) is 4.93. The van der Waals surface area contributed by atoms with Gasteiger partial charge in [-0.25, -0.2) is 0 Å². The molecule has 0 saturated heterocycles. The van der Waals surface area contributed by atoms with E-state index in [1.54, 1.807) is 0 Å². The van der Waals surface area contributed by atoms with Gasteiger partial charge < -0.3 is 0 Å². The molecule has 4 aliphatic carbocycles. The van der Waals surface area contributed by atoms with Crippen LogP contribution in [0.25, 0.3) is 0 Å². The molecular formula is C20H28O. The minimum Gasteiger partial charge on any atom is -0.295 e. The van der Waals surface area contributed by atoms with E-state index in [9.17, 15) is 4.79 Å². The number of rotatable bonds is 0. The van der Waals surface area contributed by atoms with Crippen molar-refractivity contribution in [2.75, 3.05) is 0 Å². The van der Waals surface area contributed by atoms with E-state index in [0.29, 0.717) is 11.2 Å². The highest BCUT2D eigenvalue weighted by Crippen LogP contribution is 2.64. The average Bonchev–Trinajstić information content (AvgIpc) is 2.74. The minimum atomic E-state index is 0.377. The van der Waals surface area contributed by atoms with E-state index in [0.717, 1.165) is 42.4 Å². The van der Waals surface area contributed by atoms with Crippen molar-refractivity contribution in [3.05, 3.63) is 23.8 Å². The number of carbonyl (C=O) groups excluding carboxylic acids is 1. The Labute approximate surface area is 128 Å². The van der Waals surface area contributed by atoms with Crippen LogP contribution in [0.2, 0.25) is 0 Å². The Morgan fingerprint density at radius 3 is 2.81 bits per heavy atom. The van der Waals surface area contributed by atoms with E-state index in [2.05, 4.69) is 20.4 Å². The molecule has 21 heavy (non-hydrogen) atoms. The number of hydrogen-bond acceptors (Lipinski definition) is 1. The Balaban J connectivity index is 1.70. The van der Waals surface area contributed by atoms with E-state index >= 15 is 0 Å². The van der Waals surface area contributed by atoms with Crippen LogP contribution in [0.3, 0.4) is 0 Å². The van der Waals surface area contributed by atoms with Gasteiger partial charge in [-0.05, 0) is 79.6 Å². The molecule has 3 saturated carbocycles. The highest BCUT2D eigenvalue weighted by atomic mass is 16.1. The first-order valence-electron chi connectivity index (χ1n) is 8.92. The van der Waals surface area contributed by atoms with Gasteiger partial charge in [-0.1, -0.05) is 31.6 Å². The monoisotopic (exact) mass is 284 g/mol. The Bertz CT molecular complexity index is 528. The zero-order valence-electron chi connectivity index (χ0n) is 13.5. The quantitative estimate of drug-likeness (QED) is 0.576. The molecule has 4 rings (SSSR count). The molecule has 0 aromatic carbocycles.